The summed E-state index contributed by atoms with van der Waals surface area (Å²) in [7, 11) is 0. The second-order valence-corrected chi connectivity index (χ2v) is 5.36. The number of halogens is 4. The van der Waals surface area contributed by atoms with E-state index in [2.05, 4.69) is 5.10 Å². The van der Waals surface area contributed by atoms with Crippen LogP contribution in [0.15, 0.2) is 48.5 Å². The van der Waals surface area contributed by atoms with E-state index in [0.717, 1.165) is 10.7 Å². The normalized spacial score (nSPS) is 13.2. The summed E-state index contributed by atoms with van der Waals surface area (Å²) in [6.45, 7) is -0.0179. The van der Waals surface area contributed by atoms with Crippen LogP contribution in [0.2, 0.25) is 0 Å². The van der Waals surface area contributed by atoms with E-state index in [0.29, 0.717) is 11.3 Å². The molecule has 0 N–H and O–H groups in total. The fourth-order valence-corrected chi connectivity index (χ4v) is 2.79. The van der Waals surface area contributed by atoms with Gasteiger partial charge in [0.25, 0.3) is 0 Å². The van der Waals surface area contributed by atoms with Crippen molar-refractivity contribution in [2.24, 2.45) is 0 Å². The lowest BCUT2D eigenvalue weighted by Crippen LogP contribution is -2.11. The highest BCUT2D eigenvalue weighted by Gasteiger charge is 2.42. The van der Waals surface area contributed by atoms with E-state index in [1.165, 1.54) is 12.1 Å². The van der Waals surface area contributed by atoms with Crippen molar-refractivity contribution in [2.75, 3.05) is 0 Å². The maximum absolute atomic E-state index is 13.5. The van der Waals surface area contributed by atoms with Gasteiger partial charge in [0, 0.05) is 5.56 Å². The van der Waals surface area contributed by atoms with Gasteiger partial charge in [-0.1, -0.05) is 24.3 Å². The van der Waals surface area contributed by atoms with E-state index >= 15 is 0 Å². The molecule has 122 valence electrons. The van der Waals surface area contributed by atoms with Gasteiger partial charge >= 0.3 is 6.18 Å². The first kappa shape index (κ1) is 14.7. The van der Waals surface area contributed by atoms with Crippen molar-refractivity contribution in [3.8, 4) is 22.7 Å². The molecule has 0 radical (unpaired) electrons. The summed E-state index contributed by atoms with van der Waals surface area (Å²) in [6, 6.07) is 12.1. The van der Waals surface area contributed by atoms with E-state index in [4.69, 9.17) is 4.74 Å². The molecule has 24 heavy (non-hydrogen) atoms. The first-order valence-electron chi connectivity index (χ1n) is 7.12. The minimum absolute atomic E-state index is 0.00707. The fourth-order valence-electron chi connectivity index (χ4n) is 2.79. The van der Waals surface area contributed by atoms with Crippen molar-refractivity contribution in [2.45, 2.75) is 12.8 Å². The number of hydrogen-bond donors (Lipinski definition) is 0. The maximum atomic E-state index is 13.5. The molecule has 0 aliphatic carbocycles. The molecule has 3 nitrogen and oxygen atoms in total. The predicted octanol–water partition coefficient (Wildman–Crippen LogP) is 4.59. The monoisotopic (exact) mass is 334 g/mol. The van der Waals surface area contributed by atoms with Crippen LogP contribution in [-0.2, 0) is 12.8 Å². The van der Waals surface area contributed by atoms with Crippen molar-refractivity contribution in [1.82, 2.24) is 9.78 Å². The molecular formula is C17H10F4N2O. The van der Waals surface area contributed by atoms with E-state index in [9.17, 15) is 17.6 Å². The number of alkyl halides is 3. The van der Waals surface area contributed by atoms with Crippen LogP contribution in [0.3, 0.4) is 0 Å². The molecule has 3 aromatic rings. The van der Waals surface area contributed by atoms with Gasteiger partial charge in [0.1, 0.15) is 12.4 Å². The third-order valence-corrected chi connectivity index (χ3v) is 3.81. The summed E-state index contributed by atoms with van der Waals surface area (Å²) in [5.41, 5.74) is -0.107. The van der Waals surface area contributed by atoms with E-state index in [1.54, 1.807) is 30.3 Å². The predicted molar refractivity (Wildman–Crippen MR) is 78.3 cm³/mol. The smallest absolute Gasteiger partial charge is 0.435 e. The molecule has 0 bridgehead atoms. The van der Waals surface area contributed by atoms with Crippen molar-refractivity contribution in [3.05, 3.63) is 65.6 Å². The average molecular weight is 334 g/mol. The van der Waals surface area contributed by atoms with Crippen molar-refractivity contribution >= 4 is 0 Å². The molecule has 1 aliphatic heterocycles. The molecule has 2 aromatic carbocycles. The van der Waals surface area contributed by atoms with Gasteiger partial charge in [0.05, 0.1) is 11.3 Å². The first-order valence-corrected chi connectivity index (χ1v) is 7.12. The van der Waals surface area contributed by atoms with Crippen LogP contribution in [0, 0.1) is 5.82 Å². The SMILES string of the molecule is Fc1ccc2c(c1)COc1c-2c(C(F)(F)F)nn1-c1ccccc1. The highest BCUT2D eigenvalue weighted by molar-refractivity contribution is 5.77. The topological polar surface area (TPSA) is 27.1 Å². The van der Waals surface area contributed by atoms with Crippen LogP contribution < -0.4 is 4.74 Å². The zero-order chi connectivity index (χ0) is 16.9. The minimum Gasteiger partial charge on any atom is -0.472 e. The Balaban J connectivity index is 2.01. The molecule has 0 unspecified atom stereocenters. The second kappa shape index (κ2) is 5.09. The van der Waals surface area contributed by atoms with Crippen LogP contribution in [0.4, 0.5) is 17.6 Å². The molecule has 1 aliphatic rings. The Morgan fingerprint density at radius 2 is 1.79 bits per heavy atom. The molecule has 1 aromatic heterocycles. The van der Waals surface area contributed by atoms with Crippen molar-refractivity contribution in [3.63, 3.8) is 0 Å². The van der Waals surface area contributed by atoms with Gasteiger partial charge in [-0.05, 0) is 29.8 Å². The zero-order valence-electron chi connectivity index (χ0n) is 12.1. The maximum Gasteiger partial charge on any atom is 0.435 e. The third kappa shape index (κ3) is 2.24. The van der Waals surface area contributed by atoms with Gasteiger partial charge in [-0.3, -0.25) is 0 Å². The molecule has 0 spiro atoms. The molecule has 0 atom stereocenters. The zero-order valence-corrected chi connectivity index (χ0v) is 12.1. The van der Waals surface area contributed by atoms with Gasteiger partial charge in [0.15, 0.2) is 5.69 Å². The third-order valence-electron chi connectivity index (χ3n) is 3.81. The Hall–Kier alpha value is -2.83. The lowest BCUT2D eigenvalue weighted by atomic mass is 9.98. The Kier molecular flexibility index (Phi) is 3.13. The van der Waals surface area contributed by atoms with E-state index < -0.39 is 17.7 Å². The van der Waals surface area contributed by atoms with Crippen LogP contribution in [0.5, 0.6) is 5.88 Å². The lowest BCUT2D eigenvalue weighted by Gasteiger charge is -2.19. The van der Waals surface area contributed by atoms with E-state index in [1.807, 2.05) is 0 Å². The fraction of sp³-hybridized carbons (Fsp3) is 0.118. The van der Waals surface area contributed by atoms with Gasteiger partial charge in [-0.15, -0.1) is 0 Å². The van der Waals surface area contributed by atoms with Crippen LogP contribution in [0.25, 0.3) is 16.8 Å². The first-order chi connectivity index (χ1) is 11.4. The Morgan fingerprint density at radius 1 is 1.04 bits per heavy atom. The molecule has 0 saturated carbocycles. The molecule has 4 rings (SSSR count). The molecule has 2 heterocycles. The number of hydrogen-bond acceptors (Lipinski definition) is 2. The van der Waals surface area contributed by atoms with Crippen LogP contribution in [0.1, 0.15) is 11.3 Å². The Bertz CT molecular complexity index is 916. The summed E-state index contributed by atoms with van der Waals surface area (Å²) in [5, 5.41) is 3.73. The summed E-state index contributed by atoms with van der Waals surface area (Å²) in [6.07, 6.45) is -4.66. The summed E-state index contributed by atoms with van der Waals surface area (Å²) >= 11 is 0. The number of fused-ring (bicyclic) bond motifs is 3. The number of ether oxygens (including phenoxy) is 1. The standard InChI is InChI=1S/C17H10F4N2O/c18-11-6-7-13-10(8-11)9-24-16-14(13)15(17(19,20)21)22-23(16)12-4-2-1-3-5-12/h1-8H,9H2. The molecule has 0 amide bonds. The van der Waals surface area contributed by atoms with Crippen LogP contribution in [-0.4, -0.2) is 9.78 Å². The minimum atomic E-state index is -4.66. The number of rotatable bonds is 1. The number of nitrogens with zero attached hydrogens (tertiary/aromatic N) is 2. The number of benzene rings is 2. The lowest BCUT2D eigenvalue weighted by molar-refractivity contribution is -0.140. The van der Waals surface area contributed by atoms with Gasteiger partial charge < -0.3 is 4.74 Å². The summed E-state index contributed by atoms with van der Waals surface area (Å²) in [5.74, 6) is -0.516. The van der Waals surface area contributed by atoms with Gasteiger partial charge in [-0.25, -0.2) is 4.39 Å². The number of aromatic nitrogens is 2. The van der Waals surface area contributed by atoms with Crippen LogP contribution >= 0.6 is 0 Å². The molecular weight excluding hydrogens is 324 g/mol. The Morgan fingerprint density at radius 3 is 2.50 bits per heavy atom. The molecule has 0 saturated heterocycles. The summed E-state index contributed by atoms with van der Waals surface area (Å²) in [4.78, 5) is 0. The highest BCUT2D eigenvalue weighted by Crippen LogP contribution is 2.46. The Labute approximate surface area is 134 Å². The van der Waals surface area contributed by atoms with Gasteiger partial charge in [-0.2, -0.15) is 23.0 Å². The van der Waals surface area contributed by atoms with E-state index in [-0.39, 0.29) is 23.6 Å². The quantitative estimate of drug-likeness (QED) is 0.609. The largest absolute Gasteiger partial charge is 0.472 e. The molecule has 0 fully saturated rings. The van der Waals surface area contributed by atoms with Crippen molar-refractivity contribution < 1.29 is 22.3 Å². The molecule has 7 heteroatoms. The average Bonchev–Trinajstić information content (AvgIpc) is 2.95. The second-order valence-electron chi connectivity index (χ2n) is 5.36. The van der Waals surface area contributed by atoms with Crippen molar-refractivity contribution in [1.29, 1.82) is 0 Å². The summed E-state index contributed by atoms with van der Waals surface area (Å²) < 4.78 is 60.4. The van der Waals surface area contributed by atoms with Gasteiger partial charge in [0.2, 0.25) is 5.88 Å². The highest BCUT2D eigenvalue weighted by atomic mass is 19.4. The number of para-hydroxylation sites is 1.